The van der Waals surface area contributed by atoms with E-state index in [0.717, 1.165) is 0 Å². The maximum Gasteiger partial charge on any atom is 0.338 e. The molecular weight excluding hydrogens is 179 g/mol. The molecule has 2 aliphatic heterocycles. The summed E-state index contributed by atoms with van der Waals surface area (Å²) in [6.07, 6.45) is -2.15. The highest BCUT2D eigenvalue weighted by molar-refractivity contribution is 5.78. The van der Waals surface area contributed by atoms with Crippen LogP contribution in [0.25, 0.3) is 0 Å². The van der Waals surface area contributed by atoms with E-state index < -0.39 is 36.7 Å². The lowest BCUT2D eigenvalue weighted by molar-refractivity contribution is -0.187. The van der Waals surface area contributed by atoms with E-state index in [1.165, 1.54) is 0 Å². The summed E-state index contributed by atoms with van der Waals surface area (Å²) >= 11 is 0. The Morgan fingerprint density at radius 2 is 2.15 bits per heavy atom. The molecule has 0 aromatic carbocycles. The molecule has 4 nitrogen and oxygen atoms in total. The normalized spacial score (nSPS) is 41.8. The highest BCUT2D eigenvalue weighted by Crippen LogP contribution is 2.35. The van der Waals surface area contributed by atoms with E-state index in [1.807, 2.05) is 0 Å². The topological polar surface area (TPSA) is 44.8 Å². The molecule has 0 radical (unpaired) electrons. The number of carbonyl (C=O) groups excluding carboxylic acids is 1. The zero-order valence-electron chi connectivity index (χ0n) is 7.45. The van der Waals surface area contributed by atoms with E-state index in [0.29, 0.717) is 0 Å². The van der Waals surface area contributed by atoms with Crippen LogP contribution in [0.15, 0.2) is 0 Å². The predicted octanol–water partition coefficient (Wildman–Crippen LogP) is 0.401. The van der Waals surface area contributed by atoms with Gasteiger partial charge in [-0.25, -0.2) is 9.18 Å². The maximum absolute atomic E-state index is 12.3. The molecular formula is C8H11FO4. The van der Waals surface area contributed by atoms with Gasteiger partial charge in [0.15, 0.2) is 18.0 Å². The Balaban J connectivity index is 2.17. The molecule has 2 aliphatic rings. The summed E-state index contributed by atoms with van der Waals surface area (Å²) in [5, 5.41) is 0. The van der Waals surface area contributed by atoms with E-state index in [9.17, 15) is 9.18 Å². The van der Waals surface area contributed by atoms with Crippen LogP contribution in [0.5, 0.6) is 0 Å². The molecule has 74 valence electrons. The number of ether oxygens (including phenoxy) is 3. The Morgan fingerprint density at radius 3 is 2.77 bits per heavy atom. The van der Waals surface area contributed by atoms with Crippen LogP contribution in [0.3, 0.4) is 0 Å². The molecule has 0 bridgehead atoms. The molecule has 0 aromatic heterocycles. The summed E-state index contributed by atoms with van der Waals surface area (Å²) in [4.78, 5) is 11.1. The fraction of sp³-hybridized carbons (Fsp3) is 0.875. The second kappa shape index (κ2) is 2.65. The molecule has 0 N–H and O–H groups in total. The molecule has 2 heterocycles. The molecule has 3 atom stereocenters. The Morgan fingerprint density at radius 1 is 1.46 bits per heavy atom. The molecule has 0 aromatic rings. The van der Waals surface area contributed by atoms with E-state index >= 15 is 0 Å². The minimum absolute atomic E-state index is 0.529. The number of hydrogen-bond donors (Lipinski definition) is 0. The van der Waals surface area contributed by atoms with Gasteiger partial charge in [-0.2, -0.15) is 0 Å². The lowest BCUT2D eigenvalue weighted by atomic mass is 10.2. The molecule has 0 spiro atoms. The standard InChI is InChI=1S/C8H11FO4/c1-8(2)12-5-4(3-9)11-7(10)6(5)13-8/h4-6H,3H2,1-2H3/t4-,5?,6?/m1/s1. The molecule has 0 saturated carbocycles. The minimum Gasteiger partial charge on any atom is -0.455 e. The fourth-order valence-corrected chi connectivity index (χ4v) is 1.65. The number of fused-ring (bicyclic) bond motifs is 1. The second-order valence-corrected chi connectivity index (χ2v) is 3.65. The molecule has 2 saturated heterocycles. The summed E-state index contributed by atoms with van der Waals surface area (Å²) in [6.45, 7) is 2.65. The van der Waals surface area contributed by atoms with Crippen molar-refractivity contribution < 1.29 is 23.4 Å². The highest BCUT2D eigenvalue weighted by Gasteiger charge is 2.55. The van der Waals surface area contributed by atoms with Gasteiger partial charge in [0.1, 0.15) is 12.8 Å². The van der Waals surface area contributed by atoms with E-state index in [-0.39, 0.29) is 0 Å². The minimum atomic E-state index is -0.817. The van der Waals surface area contributed by atoms with Crippen LogP contribution < -0.4 is 0 Å². The van der Waals surface area contributed by atoms with Crippen molar-refractivity contribution in [2.45, 2.75) is 37.9 Å². The number of hydrogen-bond acceptors (Lipinski definition) is 4. The first-order valence-electron chi connectivity index (χ1n) is 4.15. The summed E-state index contributed by atoms with van der Waals surface area (Å²) in [5.74, 6) is -1.35. The fourth-order valence-electron chi connectivity index (χ4n) is 1.65. The molecule has 0 aliphatic carbocycles. The largest absolute Gasteiger partial charge is 0.455 e. The monoisotopic (exact) mass is 190 g/mol. The van der Waals surface area contributed by atoms with Gasteiger partial charge in [-0.15, -0.1) is 0 Å². The van der Waals surface area contributed by atoms with E-state index in [2.05, 4.69) is 0 Å². The first-order valence-corrected chi connectivity index (χ1v) is 4.15. The van der Waals surface area contributed by atoms with Crippen molar-refractivity contribution in [3.63, 3.8) is 0 Å². The van der Waals surface area contributed by atoms with Crippen molar-refractivity contribution in [1.29, 1.82) is 0 Å². The third kappa shape index (κ3) is 1.32. The third-order valence-corrected chi connectivity index (χ3v) is 2.15. The van der Waals surface area contributed by atoms with E-state index in [4.69, 9.17) is 14.2 Å². The molecule has 2 rings (SSSR count). The van der Waals surface area contributed by atoms with Crippen molar-refractivity contribution in [2.75, 3.05) is 6.67 Å². The summed E-state index contributed by atoms with van der Waals surface area (Å²) in [6, 6.07) is 0. The number of rotatable bonds is 1. The van der Waals surface area contributed by atoms with E-state index in [1.54, 1.807) is 13.8 Å². The zero-order chi connectivity index (χ0) is 9.64. The van der Waals surface area contributed by atoms with Crippen LogP contribution in [0.2, 0.25) is 0 Å². The lowest BCUT2D eigenvalue weighted by Gasteiger charge is -2.19. The predicted molar refractivity (Wildman–Crippen MR) is 39.7 cm³/mol. The number of carbonyl (C=O) groups is 1. The zero-order valence-corrected chi connectivity index (χ0v) is 7.45. The van der Waals surface area contributed by atoms with Gasteiger partial charge in [0.25, 0.3) is 0 Å². The van der Waals surface area contributed by atoms with Crippen LogP contribution in [-0.4, -0.2) is 36.7 Å². The molecule has 2 unspecified atom stereocenters. The van der Waals surface area contributed by atoms with Gasteiger partial charge in [0.05, 0.1) is 0 Å². The number of alkyl halides is 1. The van der Waals surface area contributed by atoms with Gasteiger partial charge in [0, 0.05) is 0 Å². The van der Waals surface area contributed by atoms with Crippen molar-refractivity contribution in [1.82, 2.24) is 0 Å². The SMILES string of the molecule is CC1(C)OC2C(=O)O[C@H](CF)C2O1. The van der Waals surface area contributed by atoms with Crippen molar-refractivity contribution in [3.8, 4) is 0 Å². The number of halogens is 1. The summed E-state index contributed by atoms with van der Waals surface area (Å²) in [7, 11) is 0. The van der Waals surface area contributed by atoms with Crippen molar-refractivity contribution in [2.24, 2.45) is 0 Å². The maximum atomic E-state index is 12.3. The summed E-state index contributed by atoms with van der Waals surface area (Å²) in [5.41, 5.74) is 0. The summed E-state index contributed by atoms with van der Waals surface area (Å²) < 4.78 is 27.6. The van der Waals surface area contributed by atoms with Gasteiger partial charge in [0.2, 0.25) is 0 Å². The van der Waals surface area contributed by atoms with Crippen LogP contribution in [0, 0.1) is 0 Å². The smallest absolute Gasteiger partial charge is 0.338 e. The Labute approximate surface area is 74.9 Å². The van der Waals surface area contributed by atoms with Crippen LogP contribution >= 0.6 is 0 Å². The average molecular weight is 190 g/mol. The van der Waals surface area contributed by atoms with Gasteiger partial charge >= 0.3 is 5.97 Å². The number of cyclic esters (lactones) is 1. The Hall–Kier alpha value is -0.680. The van der Waals surface area contributed by atoms with Gasteiger partial charge in [-0.1, -0.05) is 0 Å². The quantitative estimate of drug-likeness (QED) is 0.561. The molecule has 2 fully saturated rings. The molecule has 5 heteroatoms. The van der Waals surface area contributed by atoms with Gasteiger partial charge < -0.3 is 14.2 Å². The van der Waals surface area contributed by atoms with Crippen molar-refractivity contribution >= 4 is 5.97 Å². The van der Waals surface area contributed by atoms with Crippen molar-refractivity contribution in [3.05, 3.63) is 0 Å². The highest BCUT2D eigenvalue weighted by atomic mass is 19.1. The molecule has 13 heavy (non-hydrogen) atoms. The first-order chi connectivity index (χ1) is 6.03. The third-order valence-electron chi connectivity index (χ3n) is 2.15. The molecule has 0 amide bonds. The Kier molecular flexibility index (Phi) is 1.82. The Bertz CT molecular complexity index is 240. The van der Waals surface area contributed by atoms with Crippen LogP contribution in [0.1, 0.15) is 13.8 Å². The average Bonchev–Trinajstić information content (AvgIpc) is 2.47. The van der Waals surface area contributed by atoms with Gasteiger partial charge in [-0.05, 0) is 13.8 Å². The number of esters is 1. The van der Waals surface area contributed by atoms with Crippen LogP contribution in [0.4, 0.5) is 4.39 Å². The lowest BCUT2D eigenvalue weighted by Crippen LogP contribution is -2.30. The van der Waals surface area contributed by atoms with Gasteiger partial charge in [-0.3, -0.25) is 0 Å². The van der Waals surface area contributed by atoms with Crippen LogP contribution in [-0.2, 0) is 19.0 Å². The second-order valence-electron chi connectivity index (χ2n) is 3.65. The first kappa shape index (κ1) is 8.90.